The molecule has 1 amide bonds. The van der Waals surface area contributed by atoms with E-state index in [0.717, 1.165) is 5.56 Å². The van der Waals surface area contributed by atoms with Crippen LogP contribution in [0.5, 0.6) is 11.5 Å². The summed E-state index contributed by atoms with van der Waals surface area (Å²) in [6.07, 6.45) is -0.449. The van der Waals surface area contributed by atoms with Crippen LogP contribution in [-0.2, 0) is 9.53 Å². The highest BCUT2D eigenvalue weighted by Crippen LogP contribution is 2.35. The van der Waals surface area contributed by atoms with Gasteiger partial charge < -0.3 is 19.5 Å². The van der Waals surface area contributed by atoms with E-state index >= 15 is 0 Å². The summed E-state index contributed by atoms with van der Waals surface area (Å²) < 4.78 is 16.1. The molecular weight excluding hydrogens is 260 g/mol. The first-order valence-electron chi connectivity index (χ1n) is 6.25. The third kappa shape index (κ3) is 2.54. The van der Waals surface area contributed by atoms with Gasteiger partial charge in [0, 0.05) is 14.0 Å². The molecule has 0 radical (unpaired) electrons. The molecule has 1 heterocycles. The normalized spacial score (nSPS) is 20.9. The molecule has 0 aliphatic carbocycles. The molecule has 1 N–H and O–H groups in total. The highest BCUT2D eigenvalue weighted by atomic mass is 16.5. The molecule has 0 aromatic heterocycles. The lowest BCUT2D eigenvalue weighted by Crippen LogP contribution is -2.33. The maximum atomic E-state index is 11.9. The minimum absolute atomic E-state index is 0.179. The van der Waals surface area contributed by atoms with E-state index in [0.29, 0.717) is 17.4 Å². The van der Waals surface area contributed by atoms with Crippen LogP contribution in [0.4, 0.5) is 0 Å². The average Bonchev–Trinajstić information content (AvgIpc) is 2.87. The van der Waals surface area contributed by atoms with E-state index in [1.165, 1.54) is 0 Å². The zero-order valence-electron chi connectivity index (χ0n) is 12.0. The van der Waals surface area contributed by atoms with Crippen LogP contribution in [0.25, 0.3) is 0 Å². The molecule has 0 saturated heterocycles. The molecule has 0 bridgehead atoms. The molecule has 1 aliphatic rings. The number of amides is 1. The van der Waals surface area contributed by atoms with Crippen LogP contribution in [0.15, 0.2) is 23.2 Å². The molecule has 0 unspecified atom stereocenters. The van der Waals surface area contributed by atoms with Crippen molar-refractivity contribution in [1.82, 2.24) is 5.32 Å². The Kier molecular flexibility index (Phi) is 4.12. The number of carbonyl (C=O) groups excluding carboxylic acids is 1. The highest BCUT2D eigenvalue weighted by molar-refractivity contribution is 5.88. The van der Waals surface area contributed by atoms with Crippen LogP contribution in [-0.4, -0.2) is 39.1 Å². The number of benzene rings is 1. The molecule has 2 rings (SSSR count). The molecule has 20 heavy (non-hydrogen) atoms. The fraction of sp³-hybridized carbons (Fsp3) is 0.429. The minimum atomic E-state index is -0.585. The number of hydrogen-bond donors (Lipinski definition) is 1. The largest absolute Gasteiger partial charge is 0.493 e. The lowest BCUT2D eigenvalue weighted by molar-refractivity contribution is -0.123. The minimum Gasteiger partial charge on any atom is -0.493 e. The Labute approximate surface area is 117 Å². The molecule has 0 fully saturated rings. The number of aliphatic imine (C=N–C) groups is 1. The Bertz CT molecular complexity index is 542. The SMILES string of the molecule is CNC(=O)[C@@H]1N=C(C)O[C@@H]1c1ccc(OC)c(OC)c1. The molecule has 6 heteroatoms. The van der Waals surface area contributed by atoms with E-state index < -0.39 is 12.1 Å². The van der Waals surface area contributed by atoms with Crippen molar-refractivity contribution in [2.45, 2.75) is 19.1 Å². The van der Waals surface area contributed by atoms with Gasteiger partial charge in [-0.05, 0) is 17.7 Å². The number of rotatable bonds is 4. The van der Waals surface area contributed by atoms with Gasteiger partial charge in [-0.25, -0.2) is 4.99 Å². The second-order valence-electron chi connectivity index (χ2n) is 4.36. The molecule has 1 aromatic carbocycles. The second kappa shape index (κ2) is 5.81. The Morgan fingerprint density at radius 1 is 1.30 bits per heavy atom. The standard InChI is InChI=1S/C14H18N2O4/c1-8-16-12(14(17)15-2)13(20-8)9-5-6-10(18-3)11(7-9)19-4/h5-7,12-13H,1-4H3,(H,15,17)/t12-,13-/m1/s1. The van der Waals surface area contributed by atoms with Crippen molar-refractivity contribution in [3.8, 4) is 11.5 Å². The summed E-state index contributed by atoms with van der Waals surface area (Å²) in [5, 5.41) is 2.60. The Balaban J connectivity index is 2.33. The van der Waals surface area contributed by atoms with Gasteiger partial charge in [0.05, 0.1) is 14.2 Å². The van der Waals surface area contributed by atoms with Gasteiger partial charge in [0.2, 0.25) is 5.91 Å². The summed E-state index contributed by atoms with van der Waals surface area (Å²) >= 11 is 0. The average molecular weight is 278 g/mol. The third-order valence-electron chi connectivity index (χ3n) is 3.16. The third-order valence-corrected chi connectivity index (χ3v) is 3.16. The van der Waals surface area contributed by atoms with Gasteiger partial charge in [-0.1, -0.05) is 6.07 Å². The predicted octanol–water partition coefficient (Wildman–Crippen LogP) is 1.31. The number of carbonyl (C=O) groups is 1. The van der Waals surface area contributed by atoms with Gasteiger partial charge in [0.25, 0.3) is 0 Å². The van der Waals surface area contributed by atoms with Crippen molar-refractivity contribution in [2.24, 2.45) is 4.99 Å². The quantitative estimate of drug-likeness (QED) is 0.901. The van der Waals surface area contributed by atoms with Gasteiger partial charge in [-0.15, -0.1) is 0 Å². The number of nitrogens with zero attached hydrogens (tertiary/aromatic N) is 1. The topological polar surface area (TPSA) is 69.2 Å². The van der Waals surface area contributed by atoms with Crippen LogP contribution in [0.2, 0.25) is 0 Å². The summed E-state index contributed by atoms with van der Waals surface area (Å²) in [4.78, 5) is 16.1. The van der Waals surface area contributed by atoms with Crippen molar-refractivity contribution >= 4 is 11.8 Å². The number of methoxy groups -OCH3 is 2. The molecule has 0 saturated carbocycles. The lowest BCUT2D eigenvalue weighted by Gasteiger charge is -2.18. The van der Waals surface area contributed by atoms with Crippen LogP contribution in [0, 0.1) is 0 Å². The van der Waals surface area contributed by atoms with E-state index in [1.807, 2.05) is 6.07 Å². The maximum absolute atomic E-state index is 11.9. The van der Waals surface area contributed by atoms with E-state index in [4.69, 9.17) is 14.2 Å². The van der Waals surface area contributed by atoms with E-state index in [2.05, 4.69) is 10.3 Å². The summed E-state index contributed by atoms with van der Waals surface area (Å²) in [7, 11) is 4.72. The fourth-order valence-electron chi connectivity index (χ4n) is 2.17. The Morgan fingerprint density at radius 3 is 2.60 bits per heavy atom. The summed E-state index contributed by atoms with van der Waals surface area (Å²) in [5.74, 6) is 1.54. The number of hydrogen-bond acceptors (Lipinski definition) is 5. The highest BCUT2D eigenvalue weighted by Gasteiger charge is 2.36. The van der Waals surface area contributed by atoms with Crippen LogP contribution < -0.4 is 14.8 Å². The zero-order chi connectivity index (χ0) is 14.7. The Hall–Kier alpha value is -2.24. The fourth-order valence-corrected chi connectivity index (χ4v) is 2.17. The van der Waals surface area contributed by atoms with Gasteiger partial charge in [-0.3, -0.25) is 4.79 Å². The van der Waals surface area contributed by atoms with Gasteiger partial charge >= 0.3 is 0 Å². The number of nitrogens with one attached hydrogen (secondary N) is 1. The van der Waals surface area contributed by atoms with E-state index in [1.54, 1.807) is 40.3 Å². The first-order valence-corrected chi connectivity index (χ1v) is 6.25. The predicted molar refractivity (Wildman–Crippen MR) is 74.3 cm³/mol. The first-order chi connectivity index (χ1) is 9.60. The lowest BCUT2D eigenvalue weighted by atomic mass is 10.0. The molecular formula is C14H18N2O4. The smallest absolute Gasteiger partial charge is 0.248 e. The monoisotopic (exact) mass is 278 g/mol. The second-order valence-corrected chi connectivity index (χ2v) is 4.36. The maximum Gasteiger partial charge on any atom is 0.248 e. The van der Waals surface area contributed by atoms with Gasteiger partial charge in [0.15, 0.2) is 29.5 Å². The molecule has 1 aromatic rings. The van der Waals surface area contributed by atoms with Crippen LogP contribution >= 0.6 is 0 Å². The van der Waals surface area contributed by atoms with Gasteiger partial charge in [0.1, 0.15) is 0 Å². The van der Waals surface area contributed by atoms with Crippen molar-refractivity contribution in [2.75, 3.05) is 21.3 Å². The van der Waals surface area contributed by atoms with Crippen molar-refractivity contribution in [3.63, 3.8) is 0 Å². The van der Waals surface area contributed by atoms with Crippen LogP contribution in [0.1, 0.15) is 18.6 Å². The van der Waals surface area contributed by atoms with E-state index in [9.17, 15) is 4.79 Å². The molecule has 1 aliphatic heterocycles. The molecule has 0 spiro atoms. The van der Waals surface area contributed by atoms with Crippen molar-refractivity contribution < 1.29 is 19.0 Å². The van der Waals surface area contributed by atoms with Gasteiger partial charge in [-0.2, -0.15) is 0 Å². The summed E-state index contributed by atoms with van der Waals surface area (Å²) in [6.45, 7) is 1.73. The van der Waals surface area contributed by atoms with Crippen molar-refractivity contribution in [1.29, 1.82) is 0 Å². The van der Waals surface area contributed by atoms with Crippen molar-refractivity contribution in [3.05, 3.63) is 23.8 Å². The summed E-state index contributed by atoms with van der Waals surface area (Å²) in [5.41, 5.74) is 0.817. The summed E-state index contributed by atoms with van der Waals surface area (Å²) in [6, 6.07) is 4.84. The Morgan fingerprint density at radius 2 is 2.00 bits per heavy atom. The van der Waals surface area contributed by atoms with E-state index in [-0.39, 0.29) is 5.91 Å². The van der Waals surface area contributed by atoms with Crippen LogP contribution in [0.3, 0.4) is 0 Å². The molecule has 6 nitrogen and oxygen atoms in total. The molecule has 108 valence electrons. The zero-order valence-corrected chi connectivity index (χ0v) is 12.0. The number of likely N-dealkylation sites (N-methyl/N-ethyl adjacent to an activating group) is 1. The number of ether oxygens (including phenoxy) is 3. The first kappa shape index (κ1) is 14.2. The molecule has 2 atom stereocenters.